The molecule has 19 nitrogen and oxygen atoms in total. The van der Waals surface area contributed by atoms with Gasteiger partial charge >= 0.3 is 16.2 Å². The Hall–Kier alpha value is -5.98. The number of rotatable bonds is 47. The molecule has 7 aromatic rings. The standard InChI is InChI=1S/C71H88N3O16P3/c1-6-32-64(54(22-1)27-11-16-39-75-44-59-49-80-59)85-69-37-21-38-70(71(69)86-65-33-7-2-23-55(65)28-12-17-40-76-45-60-50-81-60)89-92-72-91-73(87-66-34-8-3-24-56(66)29-13-18-41-77-46-61-51-82-61)93(90-68-36-10-5-26-58(68)31-15-20-43-79-48-63-53-84-63)74(92)88-67-35-9-4-25-57(67)30-14-19-42-78-47-62-52-83-62/h1-10,21-26,32-38,59-63H,11-20,27-31,39-53H2. The number of hydrogen-bond acceptors (Lipinski definition) is 17. The van der Waals surface area contributed by atoms with Crippen LogP contribution in [0.25, 0.3) is 0 Å². The van der Waals surface area contributed by atoms with Crippen LogP contribution in [0, 0.1) is 0 Å². The van der Waals surface area contributed by atoms with Gasteiger partial charge < -0.3 is 75.6 Å². The molecule has 0 radical (unpaired) electrons. The molecule has 22 heteroatoms. The molecule has 7 atom stereocenters. The van der Waals surface area contributed by atoms with Crippen LogP contribution in [0.15, 0.2) is 140 Å². The smallest absolute Gasteiger partial charge is 0.319 e. The Morgan fingerprint density at radius 1 is 0.355 bits per heavy atom. The SMILES string of the molecule is c1ccc(Oc2cccc(Op3npn(Oc4ccccc4CCCCOCC4CO4)p(Oc4ccccc4CCCCOCC4CO4)n3Oc3ccccc3CCCCOCC3CO3)c2Oc2ccccc2CCCCOCC2CO2)c(CCCCOCC2CO2)c1. The quantitative estimate of drug-likeness (QED) is 0.0259. The maximum Gasteiger partial charge on any atom is 0.319 e. The highest BCUT2D eigenvalue weighted by Crippen LogP contribution is 2.50. The summed E-state index contributed by atoms with van der Waals surface area (Å²) in [4.78, 5) is 14.5. The van der Waals surface area contributed by atoms with Crippen molar-refractivity contribution in [3.63, 3.8) is 0 Å². The number of unbranched alkanes of at least 4 members (excludes halogenated alkanes) is 5. The van der Waals surface area contributed by atoms with Crippen molar-refractivity contribution in [1.29, 1.82) is 0 Å². The van der Waals surface area contributed by atoms with Gasteiger partial charge in [0, 0.05) is 33.0 Å². The van der Waals surface area contributed by atoms with E-state index in [2.05, 4.69) is 48.5 Å². The highest BCUT2D eigenvalue weighted by molar-refractivity contribution is 7.56. The van der Waals surface area contributed by atoms with Crippen LogP contribution in [-0.2, 0) is 79.5 Å². The molecule has 5 aliphatic heterocycles. The van der Waals surface area contributed by atoms with Gasteiger partial charge in [0.15, 0.2) is 31.5 Å². The average molecular weight is 1330 g/mol. The van der Waals surface area contributed by atoms with E-state index in [1.54, 1.807) is 8.51 Å². The largest absolute Gasteiger partial charge is 0.453 e. The molecule has 0 N–H and O–H groups in total. The lowest BCUT2D eigenvalue weighted by atomic mass is 10.1. The fourth-order valence-corrected chi connectivity index (χ4v) is 15.3. The number of hydrogen-bond donors (Lipinski definition) is 0. The molecule has 0 saturated carbocycles. The predicted octanol–water partition coefficient (Wildman–Crippen LogP) is 15.0. The van der Waals surface area contributed by atoms with Gasteiger partial charge in [0.1, 0.15) is 47.8 Å². The average Bonchev–Trinajstić information content (AvgIpc) is 1.84. The molecule has 5 saturated heterocycles. The Bertz CT molecular complexity index is 3430. The zero-order valence-corrected chi connectivity index (χ0v) is 55.8. The molecule has 5 fully saturated rings. The van der Waals surface area contributed by atoms with Gasteiger partial charge in [-0.15, -0.1) is 4.51 Å². The van der Waals surface area contributed by atoms with Crippen LogP contribution in [0.5, 0.6) is 46.0 Å². The van der Waals surface area contributed by atoms with E-state index in [0.717, 1.165) is 163 Å². The fraction of sp³-hybridized carbons (Fsp3) is 0.493. The van der Waals surface area contributed by atoms with Gasteiger partial charge in [0.05, 0.1) is 66.1 Å². The number of benzene rings is 6. The summed E-state index contributed by atoms with van der Waals surface area (Å²) in [7, 11) is -3.78. The minimum absolute atomic E-state index is 0.216. The number of aromatic nitrogens is 3. The summed E-state index contributed by atoms with van der Waals surface area (Å²) in [6.45, 7) is 10.3. The first kappa shape index (κ1) is 67.0. The summed E-state index contributed by atoms with van der Waals surface area (Å²) in [5, 5.41) is 0. The maximum atomic E-state index is 7.47. The lowest BCUT2D eigenvalue weighted by molar-refractivity contribution is 0.113. The van der Waals surface area contributed by atoms with Crippen LogP contribution in [0.4, 0.5) is 0 Å². The van der Waals surface area contributed by atoms with Crippen LogP contribution < -0.4 is 28.2 Å². The molecular weight excluding hydrogens is 1240 g/mol. The van der Waals surface area contributed by atoms with Gasteiger partial charge in [0.2, 0.25) is 5.75 Å². The molecule has 1 aromatic heterocycles. The summed E-state index contributed by atoms with van der Waals surface area (Å²) < 4.78 is 94.7. The predicted molar refractivity (Wildman–Crippen MR) is 356 cm³/mol. The van der Waals surface area contributed by atoms with Crippen LogP contribution in [0.1, 0.15) is 92.0 Å². The summed E-state index contributed by atoms with van der Waals surface area (Å²) in [5.41, 5.74) is 5.20. The topological polar surface area (TPSA) is 187 Å². The third kappa shape index (κ3) is 22.6. The van der Waals surface area contributed by atoms with E-state index in [4.69, 9.17) is 80.1 Å². The molecule has 6 aromatic carbocycles. The van der Waals surface area contributed by atoms with Crippen LogP contribution in [-0.4, -0.2) is 143 Å². The Morgan fingerprint density at radius 2 is 0.688 bits per heavy atom. The molecule has 0 spiro atoms. The molecule has 498 valence electrons. The highest BCUT2D eigenvalue weighted by Gasteiger charge is 2.29. The van der Waals surface area contributed by atoms with E-state index < -0.39 is 16.2 Å². The molecule has 0 aliphatic carbocycles. The Morgan fingerprint density at radius 3 is 1.11 bits per heavy atom. The second-order valence-corrected chi connectivity index (χ2v) is 28.2. The zero-order chi connectivity index (χ0) is 62.9. The summed E-state index contributed by atoms with van der Waals surface area (Å²) in [6, 6.07) is 46.6. The van der Waals surface area contributed by atoms with Crippen molar-refractivity contribution in [1.82, 2.24) is 13.0 Å². The first-order valence-corrected chi connectivity index (χ1v) is 36.4. The number of para-hydroxylation sites is 6. The van der Waals surface area contributed by atoms with Gasteiger partial charge in [-0.1, -0.05) is 101 Å². The molecule has 6 heterocycles. The molecule has 0 amide bonds. The van der Waals surface area contributed by atoms with Crippen molar-refractivity contribution in [2.45, 2.75) is 127 Å². The van der Waals surface area contributed by atoms with Crippen LogP contribution >= 0.6 is 24.7 Å². The van der Waals surface area contributed by atoms with Crippen LogP contribution in [0.3, 0.4) is 0 Å². The summed E-state index contributed by atoms with van der Waals surface area (Å²) in [5.74, 6) is 4.67. The number of ether oxygens (including phenoxy) is 12. The third-order valence-electron chi connectivity index (χ3n) is 16.0. The van der Waals surface area contributed by atoms with E-state index in [1.807, 2.05) is 91.0 Å². The fourth-order valence-electron chi connectivity index (χ4n) is 10.4. The summed E-state index contributed by atoms with van der Waals surface area (Å²) in [6.07, 6.45) is 13.9. The van der Waals surface area contributed by atoms with Gasteiger partial charge in [0.25, 0.3) is 0 Å². The first-order valence-electron chi connectivity index (χ1n) is 33.3. The maximum absolute atomic E-state index is 7.47. The van der Waals surface area contributed by atoms with Crippen molar-refractivity contribution >= 4 is 24.7 Å². The normalized spacial score (nSPS) is 18.7. The molecule has 5 aliphatic rings. The van der Waals surface area contributed by atoms with E-state index >= 15 is 0 Å². The Labute approximate surface area is 550 Å². The van der Waals surface area contributed by atoms with Crippen molar-refractivity contribution in [3.8, 4) is 46.0 Å². The van der Waals surface area contributed by atoms with E-state index in [9.17, 15) is 0 Å². The van der Waals surface area contributed by atoms with Gasteiger partial charge in [-0.2, -0.15) is 0 Å². The van der Waals surface area contributed by atoms with Gasteiger partial charge in [-0.25, -0.2) is 0 Å². The van der Waals surface area contributed by atoms with Crippen LogP contribution in [0.2, 0.25) is 0 Å². The molecule has 12 rings (SSSR count). The van der Waals surface area contributed by atoms with Gasteiger partial charge in [-0.3, -0.25) is 0 Å². The van der Waals surface area contributed by atoms with Crippen molar-refractivity contribution in [3.05, 3.63) is 167 Å². The van der Waals surface area contributed by atoms with E-state index in [1.165, 1.54) is 0 Å². The zero-order valence-electron chi connectivity index (χ0n) is 53.1. The van der Waals surface area contributed by atoms with Crippen molar-refractivity contribution < 1.29 is 75.6 Å². The lowest BCUT2D eigenvalue weighted by Gasteiger charge is -2.23. The number of epoxide rings is 5. The van der Waals surface area contributed by atoms with Crippen molar-refractivity contribution in [2.75, 3.05) is 99.1 Å². The Kier molecular flexibility index (Phi) is 26.1. The number of aryl methyl sites for hydroxylation is 5. The van der Waals surface area contributed by atoms with Gasteiger partial charge in [-0.05, 0) is 171 Å². The highest BCUT2D eigenvalue weighted by atomic mass is 31.2. The Balaban J connectivity index is 0.903. The van der Waals surface area contributed by atoms with Crippen molar-refractivity contribution in [2.24, 2.45) is 0 Å². The minimum atomic E-state index is -2.12. The molecule has 7 unspecified atom stereocenters. The lowest BCUT2D eigenvalue weighted by Crippen LogP contribution is -2.15. The molecule has 0 bridgehead atoms. The first-order chi connectivity index (χ1) is 46.1. The second kappa shape index (κ2) is 36.2. The van der Waals surface area contributed by atoms with E-state index in [-0.39, 0.29) is 30.5 Å². The minimum Gasteiger partial charge on any atom is -0.453 e. The third-order valence-corrected chi connectivity index (χ3v) is 20.7. The summed E-state index contributed by atoms with van der Waals surface area (Å²) >= 11 is 0. The van der Waals surface area contributed by atoms with E-state index in [0.29, 0.717) is 115 Å². The molecular formula is C71H88N3O16P3. The monoisotopic (exact) mass is 1330 g/mol. The number of nitrogens with zero attached hydrogens (tertiary/aromatic N) is 3. The second-order valence-electron chi connectivity index (χ2n) is 23.8. The molecule has 93 heavy (non-hydrogen) atoms.